The lowest BCUT2D eigenvalue weighted by Crippen LogP contribution is -2.37. The van der Waals surface area contributed by atoms with E-state index in [0.717, 1.165) is 0 Å². The van der Waals surface area contributed by atoms with E-state index in [4.69, 9.17) is 18.9 Å². The number of carbonyl (C=O) groups excluding carboxylic acids is 3. The first-order valence-electron chi connectivity index (χ1n) is 11.6. The summed E-state index contributed by atoms with van der Waals surface area (Å²) in [5.74, 6) is -2.35. The first-order valence-corrected chi connectivity index (χ1v) is 11.6. The number of methoxy groups -OCH3 is 2. The monoisotopic (exact) mass is 521 g/mol. The van der Waals surface area contributed by atoms with E-state index in [9.17, 15) is 24.5 Å². The average Bonchev–Trinajstić information content (AvgIpc) is 2.92. The van der Waals surface area contributed by atoms with Gasteiger partial charge in [-0.15, -0.1) is 0 Å². The van der Waals surface area contributed by atoms with Crippen LogP contribution in [0.25, 0.3) is 0 Å². The van der Waals surface area contributed by atoms with Gasteiger partial charge in [0, 0.05) is 26.4 Å². The van der Waals surface area contributed by atoms with Crippen molar-refractivity contribution in [1.82, 2.24) is 0 Å². The van der Waals surface area contributed by atoms with E-state index < -0.39 is 47.1 Å². The maximum atomic E-state index is 13.2. The molecule has 0 saturated carbocycles. The van der Waals surface area contributed by atoms with E-state index in [-0.39, 0.29) is 11.3 Å². The molecule has 0 amide bonds. The SMILES string of the molecule is CO[C@@H](C(=O)O[C@H](C(C)=O)[C@@H](OC(=O)[C@H](OC)c1ccccc1)c1ccc([N+](=O)[O-])cc1)c1ccccc1. The standard InChI is InChI=1S/C28H27NO9/c1-18(30)23(37-27(31)25(35-2)19-10-6-4-7-11-19)24(21-14-16-22(17-15-21)29(33)34)38-28(32)26(36-3)20-12-8-5-9-13-20/h4-17,23-26H,1-3H3/t23-,24+,25-,26-/m1/s1. The van der Waals surface area contributed by atoms with Crippen LogP contribution in [-0.4, -0.2) is 43.0 Å². The third-order valence-corrected chi connectivity index (χ3v) is 5.70. The number of ketones is 1. The van der Waals surface area contributed by atoms with Crippen LogP contribution in [-0.2, 0) is 33.3 Å². The minimum absolute atomic E-state index is 0.202. The minimum Gasteiger partial charge on any atom is -0.451 e. The molecular weight excluding hydrogens is 494 g/mol. The molecule has 0 bridgehead atoms. The lowest BCUT2D eigenvalue weighted by molar-refractivity contribution is -0.384. The molecule has 38 heavy (non-hydrogen) atoms. The molecule has 3 aromatic carbocycles. The normalized spacial score (nSPS) is 14.0. The average molecular weight is 522 g/mol. The summed E-state index contributed by atoms with van der Waals surface area (Å²) in [5, 5.41) is 11.1. The number of rotatable bonds is 12. The largest absolute Gasteiger partial charge is 0.451 e. The molecule has 0 unspecified atom stereocenters. The van der Waals surface area contributed by atoms with E-state index in [0.29, 0.717) is 11.1 Å². The number of carbonyl (C=O) groups is 3. The number of hydrogen-bond acceptors (Lipinski definition) is 9. The molecule has 0 radical (unpaired) electrons. The Morgan fingerprint density at radius 1 is 0.684 bits per heavy atom. The van der Waals surface area contributed by atoms with Crippen molar-refractivity contribution >= 4 is 23.4 Å². The fourth-order valence-corrected chi connectivity index (χ4v) is 3.81. The van der Waals surface area contributed by atoms with Gasteiger partial charge >= 0.3 is 11.9 Å². The predicted molar refractivity (Wildman–Crippen MR) is 135 cm³/mol. The van der Waals surface area contributed by atoms with Crippen LogP contribution in [0.15, 0.2) is 84.9 Å². The van der Waals surface area contributed by atoms with Gasteiger partial charge in [-0.1, -0.05) is 60.7 Å². The van der Waals surface area contributed by atoms with Crippen LogP contribution in [0.4, 0.5) is 5.69 Å². The van der Waals surface area contributed by atoms with Gasteiger partial charge < -0.3 is 18.9 Å². The minimum atomic E-state index is -1.58. The first-order chi connectivity index (χ1) is 18.3. The Hall–Kier alpha value is -4.41. The van der Waals surface area contributed by atoms with E-state index in [2.05, 4.69) is 0 Å². The number of Topliss-reactive ketones (excluding diaryl/α,β-unsaturated/α-hetero) is 1. The number of ether oxygens (including phenoxy) is 4. The zero-order valence-corrected chi connectivity index (χ0v) is 21.0. The second-order valence-electron chi connectivity index (χ2n) is 8.23. The Bertz CT molecular complexity index is 1250. The highest BCUT2D eigenvalue weighted by molar-refractivity contribution is 5.86. The maximum absolute atomic E-state index is 13.2. The maximum Gasteiger partial charge on any atom is 0.340 e. The third-order valence-electron chi connectivity index (χ3n) is 5.70. The van der Waals surface area contributed by atoms with Gasteiger partial charge in [0.15, 0.2) is 24.1 Å². The van der Waals surface area contributed by atoms with Crippen LogP contribution in [0, 0.1) is 10.1 Å². The fraction of sp³-hybridized carbons (Fsp3) is 0.250. The van der Waals surface area contributed by atoms with Gasteiger partial charge in [-0.05, 0) is 35.7 Å². The lowest BCUT2D eigenvalue weighted by atomic mass is 10.0. The Balaban J connectivity index is 1.97. The fourth-order valence-electron chi connectivity index (χ4n) is 3.81. The van der Waals surface area contributed by atoms with Crippen molar-refractivity contribution in [3.63, 3.8) is 0 Å². The van der Waals surface area contributed by atoms with Crippen LogP contribution in [0.5, 0.6) is 0 Å². The molecule has 0 aromatic heterocycles. The smallest absolute Gasteiger partial charge is 0.340 e. The van der Waals surface area contributed by atoms with E-state index in [1.807, 2.05) is 0 Å². The Morgan fingerprint density at radius 2 is 1.13 bits per heavy atom. The molecule has 0 aliphatic rings. The van der Waals surface area contributed by atoms with Crippen LogP contribution >= 0.6 is 0 Å². The Labute approximate surface area is 219 Å². The highest BCUT2D eigenvalue weighted by Crippen LogP contribution is 2.31. The molecule has 3 aromatic rings. The van der Waals surface area contributed by atoms with E-state index in [1.165, 1.54) is 45.4 Å². The molecule has 3 rings (SSSR count). The summed E-state index contributed by atoms with van der Waals surface area (Å²) in [7, 11) is 2.64. The van der Waals surface area contributed by atoms with Gasteiger partial charge in [0.25, 0.3) is 5.69 Å². The summed E-state index contributed by atoms with van der Waals surface area (Å²) < 4.78 is 21.9. The van der Waals surface area contributed by atoms with Crippen molar-refractivity contribution in [2.75, 3.05) is 14.2 Å². The molecule has 0 spiro atoms. The Morgan fingerprint density at radius 3 is 1.53 bits per heavy atom. The zero-order chi connectivity index (χ0) is 27.7. The van der Waals surface area contributed by atoms with Gasteiger partial charge in [-0.3, -0.25) is 14.9 Å². The quantitative estimate of drug-likeness (QED) is 0.193. The van der Waals surface area contributed by atoms with Crippen LogP contribution in [0.2, 0.25) is 0 Å². The number of nitrogens with zero attached hydrogens (tertiary/aromatic N) is 1. The number of esters is 2. The highest BCUT2D eigenvalue weighted by Gasteiger charge is 2.38. The second kappa shape index (κ2) is 13.2. The summed E-state index contributed by atoms with van der Waals surface area (Å²) in [6.45, 7) is 1.18. The van der Waals surface area contributed by atoms with Crippen molar-refractivity contribution < 1.29 is 38.3 Å². The number of nitro benzene ring substituents is 1. The van der Waals surface area contributed by atoms with Crippen molar-refractivity contribution in [1.29, 1.82) is 0 Å². The summed E-state index contributed by atoms with van der Waals surface area (Å²) in [4.78, 5) is 49.6. The molecule has 0 fully saturated rings. The highest BCUT2D eigenvalue weighted by atomic mass is 16.6. The summed E-state index contributed by atoms with van der Waals surface area (Å²) >= 11 is 0. The number of nitro groups is 1. The molecular formula is C28H27NO9. The van der Waals surface area contributed by atoms with E-state index >= 15 is 0 Å². The summed E-state index contributed by atoms with van der Waals surface area (Å²) in [6.07, 6.45) is -5.31. The lowest BCUT2D eigenvalue weighted by Gasteiger charge is -2.28. The predicted octanol–water partition coefficient (Wildman–Crippen LogP) is 4.46. The second-order valence-corrected chi connectivity index (χ2v) is 8.23. The molecule has 198 valence electrons. The topological polar surface area (TPSA) is 131 Å². The third kappa shape index (κ3) is 6.87. The number of non-ortho nitro benzene ring substituents is 1. The number of hydrogen-bond donors (Lipinski definition) is 0. The zero-order valence-electron chi connectivity index (χ0n) is 21.0. The van der Waals surface area contributed by atoms with Crippen LogP contribution in [0.1, 0.15) is 41.9 Å². The molecule has 0 N–H and O–H groups in total. The van der Waals surface area contributed by atoms with Crippen molar-refractivity contribution in [3.05, 3.63) is 112 Å². The van der Waals surface area contributed by atoms with Gasteiger partial charge in [0.2, 0.25) is 6.10 Å². The molecule has 0 aliphatic heterocycles. The molecule has 0 heterocycles. The first kappa shape index (κ1) is 28.2. The molecule has 0 saturated heterocycles. The van der Waals surface area contributed by atoms with Gasteiger partial charge in [0.1, 0.15) is 0 Å². The van der Waals surface area contributed by atoms with Crippen molar-refractivity contribution in [3.8, 4) is 0 Å². The number of benzene rings is 3. The van der Waals surface area contributed by atoms with Crippen molar-refractivity contribution in [2.24, 2.45) is 0 Å². The van der Waals surface area contributed by atoms with Gasteiger partial charge in [-0.25, -0.2) is 9.59 Å². The van der Waals surface area contributed by atoms with Crippen LogP contribution < -0.4 is 0 Å². The van der Waals surface area contributed by atoms with E-state index in [1.54, 1.807) is 60.7 Å². The van der Waals surface area contributed by atoms with Crippen molar-refractivity contribution in [2.45, 2.75) is 31.3 Å². The van der Waals surface area contributed by atoms with Gasteiger partial charge in [0.05, 0.1) is 4.92 Å². The Kier molecular flexibility index (Phi) is 9.80. The van der Waals surface area contributed by atoms with Crippen LogP contribution in [0.3, 0.4) is 0 Å². The molecule has 10 nitrogen and oxygen atoms in total. The molecule has 10 heteroatoms. The van der Waals surface area contributed by atoms with Gasteiger partial charge in [-0.2, -0.15) is 0 Å². The molecule has 4 atom stereocenters. The summed E-state index contributed by atoms with van der Waals surface area (Å²) in [5.41, 5.74) is 0.989. The summed E-state index contributed by atoms with van der Waals surface area (Å²) in [6, 6.07) is 22.1. The molecule has 0 aliphatic carbocycles.